The molecular formula is C8H13NO3. The van der Waals surface area contributed by atoms with Crippen LogP contribution in [-0.4, -0.2) is 29.6 Å². The van der Waals surface area contributed by atoms with Crippen molar-refractivity contribution in [2.75, 3.05) is 6.61 Å². The Morgan fingerprint density at radius 1 is 1.83 bits per heavy atom. The third kappa shape index (κ3) is 2.53. The molecule has 1 aliphatic heterocycles. The first-order valence-corrected chi connectivity index (χ1v) is 4.13. The van der Waals surface area contributed by atoms with Crippen LogP contribution in [0.3, 0.4) is 0 Å². The van der Waals surface area contributed by atoms with Gasteiger partial charge in [0.15, 0.2) is 5.90 Å². The molecule has 68 valence electrons. The van der Waals surface area contributed by atoms with Crippen LogP contribution in [0.25, 0.3) is 0 Å². The summed E-state index contributed by atoms with van der Waals surface area (Å²) in [6.45, 7) is 2.52. The molecule has 0 bridgehead atoms. The molecule has 0 aromatic rings. The van der Waals surface area contributed by atoms with Crippen molar-refractivity contribution in [2.45, 2.75) is 32.2 Å². The van der Waals surface area contributed by atoms with E-state index in [9.17, 15) is 4.79 Å². The molecule has 0 amide bonds. The quantitative estimate of drug-likeness (QED) is 0.688. The van der Waals surface area contributed by atoms with Crippen LogP contribution in [-0.2, 0) is 9.53 Å². The largest absolute Gasteiger partial charge is 0.481 e. The predicted octanol–water partition coefficient (Wildman–Crippen LogP) is 1.06. The van der Waals surface area contributed by atoms with Gasteiger partial charge in [-0.25, -0.2) is 4.99 Å². The fraction of sp³-hybridized carbons (Fsp3) is 0.750. The van der Waals surface area contributed by atoms with Gasteiger partial charge in [0.2, 0.25) is 0 Å². The van der Waals surface area contributed by atoms with E-state index in [4.69, 9.17) is 9.84 Å². The van der Waals surface area contributed by atoms with Gasteiger partial charge in [-0.15, -0.1) is 0 Å². The minimum atomic E-state index is -0.768. The van der Waals surface area contributed by atoms with Gasteiger partial charge in [0.25, 0.3) is 0 Å². The normalized spacial score (nSPS) is 21.8. The second-order valence-electron chi connectivity index (χ2n) is 2.77. The molecular weight excluding hydrogens is 158 g/mol. The second kappa shape index (κ2) is 4.09. The van der Waals surface area contributed by atoms with Crippen LogP contribution in [0.4, 0.5) is 0 Å². The third-order valence-corrected chi connectivity index (χ3v) is 1.76. The van der Waals surface area contributed by atoms with E-state index in [1.807, 2.05) is 6.92 Å². The summed E-state index contributed by atoms with van der Waals surface area (Å²) in [5, 5.41) is 8.41. The minimum Gasteiger partial charge on any atom is -0.481 e. The van der Waals surface area contributed by atoms with E-state index in [1.165, 1.54) is 0 Å². The molecule has 0 saturated carbocycles. The van der Waals surface area contributed by atoms with Crippen LogP contribution in [0.5, 0.6) is 0 Å². The van der Waals surface area contributed by atoms with E-state index in [2.05, 4.69) is 4.99 Å². The number of aliphatic imine (C=N–C) groups is 1. The standard InChI is InChI=1S/C8H13NO3/c1-2-7-9-6(5-12-7)3-4-8(10)11/h6H,2-5H2,1H3,(H,10,11). The zero-order chi connectivity index (χ0) is 8.97. The monoisotopic (exact) mass is 171 g/mol. The maximum Gasteiger partial charge on any atom is 0.303 e. The van der Waals surface area contributed by atoms with Crippen molar-refractivity contribution in [3.63, 3.8) is 0 Å². The summed E-state index contributed by atoms with van der Waals surface area (Å²) in [6.07, 6.45) is 1.55. The van der Waals surface area contributed by atoms with Crippen LogP contribution in [0.2, 0.25) is 0 Å². The van der Waals surface area contributed by atoms with Gasteiger partial charge in [0.1, 0.15) is 6.61 Å². The number of hydrogen-bond donors (Lipinski definition) is 1. The highest BCUT2D eigenvalue weighted by atomic mass is 16.5. The van der Waals surface area contributed by atoms with Crippen LogP contribution in [0.15, 0.2) is 4.99 Å². The Bertz CT molecular complexity index is 200. The summed E-state index contributed by atoms with van der Waals surface area (Å²) in [5.41, 5.74) is 0. The molecule has 1 unspecified atom stereocenters. The summed E-state index contributed by atoms with van der Waals surface area (Å²) in [6, 6.07) is 0.0658. The van der Waals surface area contributed by atoms with Crippen molar-refractivity contribution in [3.05, 3.63) is 0 Å². The number of rotatable bonds is 4. The zero-order valence-electron chi connectivity index (χ0n) is 7.12. The lowest BCUT2D eigenvalue weighted by Gasteiger charge is -2.00. The number of aliphatic carboxylic acids is 1. The zero-order valence-corrected chi connectivity index (χ0v) is 7.12. The fourth-order valence-electron chi connectivity index (χ4n) is 1.10. The summed E-state index contributed by atoms with van der Waals surface area (Å²) in [4.78, 5) is 14.4. The molecule has 4 nitrogen and oxygen atoms in total. The summed E-state index contributed by atoms with van der Waals surface area (Å²) >= 11 is 0. The number of nitrogens with zero attached hydrogens (tertiary/aromatic N) is 1. The first kappa shape index (κ1) is 9.03. The van der Waals surface area contributed by atoms with Gasteiger partial charge < -0.3 is 9.84 Å². The highest BCUT2D eigenvalue weighted by molar-refractivity contribution is 5.77. The Balaban J connectivity index is 2.27. The molecule has 1 atom stereocenters. The lowest BCUT2D eigenvalue weighted by atomic mass is 10.2. The highest BCUT2D eigenvalue weighted by Crippen LogP contribution is 2.11. The highest BCUT2D eigenvalue weighted by Gasteiger charge is 2.17. The molecule has 0 saturated heterocycles. The van der Waals surface area contributed by atoms with Gasteiger partial charge in [0.05, 0.1) is 6.04 Å². The molecule has 1 aliphatic rings. The van der Waals surface area contributed by atoms with Crippen LogP contribution in [0.1, 0.15) is 26.2 Å². The molecule has 0 spiro atoms. The number of ether oxygens (including phenoxy) is 1. The third-order valence-electron chi connectivity index (χ3n) is 1.76. The van der Waals surface area contributed by atoms with Crippen LogP contribution in [0, 0.1) is 0 Å². The van der Waals surface area contributed by atoms with E-state index in [-0.39, 0.29) is 12.5 Å². The second-order valence-corrected chi connectivity index (χ2v) is 2.77. The van der Waals surface area contributed by atoms with E-state index < -0.39 is 5.97 Å². The molecule has 4 heteroatoms. The smallest absolute Gasteiger partial charge is 0.303 e. The first-order valence-electron chi connectivity index (χ1n) is 4.13. The Morgan fingerprint density at radius 2 is 2.58 bits per heavy atom. The van der Waals surface area contributed by atoms with Gasteiger partial charge in [-0.2, -0.15) is 0 Å². The maximum atomic E-state index is 10.2. The Morgan fingerprint density at radius 3 is 3.08 bits per heavy atom. The van der Waals surface area contributed by atoms with Crippen molar-refractivity contribution in [3.8, 4) is 0 Å². The van der Waals surface area contributed by atoms with E-state index in [0.717, 1.165) is 12.3 Å². The fourth-order valence-corrected chi connectivity index (χ4v) is 1.10. The van der Waals surface area contributed by atoms with Crippen molar-refractivity contribution in [1.29, 1.82) is 0 Å². The Hall–Kier alpha value is -1.06. The van der Waals surface area contributed by atoms with E-state index in [0.29, 0.717) is 13.0 Å². The summed E-state index contributed by atoms with van der Waals surface area (Å²) in [7, 11) is 0. The molecule has 0 aromatic carbocycles. The van der Waals surface area contributed by atoms with Gasteiger partial charge in [-0.3, -0.25) is 4.79 Å². The predicted molar refractivity (Wildman–Crippen MR) is 44.3 cm³/mol. The lowest BCUT2D eigenvalue weighted by molar-refractivity contribution is -0.137. The van der Waals surface area contributed by atoms with Crippen molar-refractivity contribution in [2.24, 2.45) is 4.99 Å². The average Bonchev–Trinajstić information content (AvgIpc) is 2.48. The lowest BCUT2D eigenvalue weighted by Crippen LogP contribution is -2.08. The molecule has 0 aromatic heterocycles. The van der Waals surface area contributed by atoms with Crippen LogP contribution >= 0.6 is 0 Å². The number of carbonyl (C=O) groups is 1. The number of hydrogen-bond acceptors (Lipinski definition) is 3. The molecule has 0 radical (unpaired) electrons. The Kier molecular flexibility index (Phi) is 3.08. The van der Waals surface area contributed by atoms with E-state index in [1.54, 1.807) is 0 Å². The average molecular weight is 171 g/mol. The maximum absolute atomic E-state index is 10.2. The van der Waals surface area contributed by atoms with E-state index >= 15 is 0 Å². The van der Waals surface area contributed by atoms with Gasteiger partial charge in [-0.05, 0) is 6.42 Å². The van der Waals surface area contributed by atoms with Crippen LogP contribution < -0.4 is 0 Å². The molecule has 0 fully saturated rings. The van der Waals surface area contributed by atoms with Gasteiger partial charge in [0, 0.05) is 12.8 Å². The van der Waals surface area contributed by atoms with Crippen molar-refractivity contribution in [1.82, 2.24) is 0 Å². The summed E-state index contributed by atoms with van der Waals surface area (Å²) < 4.78 is 5.20. The molecule has 1 heterocycles. The molecule has 1 rings (SSSR count). The van der Waals surface area contributed by atoms with Gasteiger partial charge in [-0.1, -0.05) is 6.92 Å². The summed E-state index contributed by atoms with van der Waals surface area (Å²) in [5.74, 6) is -0.0134. The van der Waals surface area contributed by atoms with Crippen molar-refractivity contribution >= 4 is 11.9 Å². The van der Waals surface area contributed by atoms with Gasteiger partial charge >= 0.3 is 5.97 Å². The topological polar surface area (TPSA) is 58.9 Å². The molecule has 12 heavy (non-hydrogen) atoms. The SMILES string of the molecule is CCC1=NC(CCC(=O)O)CO1. The minimum absolute atomic E-state index is 0.0658. The molecule has 0 aliphatic carbocycles. The number of carboxylic acids is 1. The Labute approximate surface area is 71.3 Å². The first-order chi connectivity index (χ1) is 5.72. The van der Waals surface area contributed by atoms with Crippen molar-refractivity contribution < 1.29 is 14.6 Å². The molecule has 1 N–H and O–H groups in total. The number of carboxylic acid groups (broad SMARTS) is 1.